The van der Waals surface area contributed by atoms with E-state index in [0.29, 0.717) is 0 Å². The van der Waals surface area contributed by atoms with Crippen LogP contribution in [0.3, 0.4) is 0 Å². The van der Waals surface area contributed by atoms with Crippen molar-refractivity contribution in [2.45, 2.75) is 19.6 Å². The van der Waals surface area contributed by atoms with Gasteiger partial charge in [-0.05, 0) is 30.7 Å². The van der Waals surface area contributed by atoms with Gasteiger partial charge in [-0.1, -0.05) is 19.1 Å². The van der Waals surface area contributed by atoms with Crippen molar-refractivity contribution in [3.8, 4) is 0 Å². The van der Waals surface area contributed by atoms with Crippen molar-refractivity contribution in [1.82, 2.24) is 4.90 Å². The SMILES string of the molecule is CCN1CCN(c2cccc(CS(=O)O)c2C)CC1. The molecule has 0 amide bonds. The van der Waals surface area contributed by atoms with Crippen molar-refractivity contribution in [3.63, 3.8) is 0 Å². The molecule has 2 rings (SSSR count). The number of piperazine rings is 1. The van der Waals surface area contributed by atoms with Gasteiger partial charge in [0.25, 0.3) is 0 Å². The minimum Gasteiger partial charge on any atom is -0.369 e. The molecule has 1 saturated heterocycles. The third-order valence-electron chi connectivity index (χ3n) is 3.86. The van der Waals surface area contributed by atoms with E-state index in [1.54, 1.807) is 0 Å². The summed E-state index contributed by atoms with van der Waals surface area (Å²) in [5.41, 5.74) is 3.31. The number of anilines is 1. The fourth-order valence-electron chi connectivity index (χ4n) is 2.61. The lowest BCUT2D eigenvalue weighted by atomic mass is 10.1. The van der Waals surface area contributed by atoms with Gasteiger partial charge in [-0.15, -0.1) is 0 Å². The van der Waals surface area contributed by atoms with Gasteiger partial charge in [0.2, 0.25) is 0 Å². The van der Waals surface area contributed by atoms with E-state index in [4.69, 9.17) is 4.55 Å². The molecule has 0 spiro atoms. The maximum absolute atomic E-state index is 11.0. The van der Waals surface area contributed by atoms with E-state index in [0.717, 1.165) is 43.9 Å². The van der Waals surface area contributed by atoms with Crippen LogP contribution in [0.5, 0.6) is 0 Å². The molecule has 19 heavy (non-hydrogen) atoms. The van der Waals surface area contributed by atoms with Gasteiger partial charge in [-0.25, -0.2) is 4.21 Å². The van der Waals surface area contributed by atoms with Crippen molar-refractivity contribution >= 4 is 16.8 Å². The molecule has 1 N–H and O–H groups in total. The summed E-state index contributed by atoms with van der Waals surface area (Å²) < 4.78 is 20.0. The van der Waals surface area contributed by atoms with Crippen molar-refractivity contribution in [3.05, 3.63) is 29.3 Å². The lowest BCUT2D eigenvalue weighted by Crippen LogP contribution is -2.46. The molecule has 1 aliphatic heterocycles. The second-order valence-corrected chi connectivity index (χ2v) is 5.88. The molecule has 1 aliphatic rings. The molecule has 106 valence electrons. The third-order valence-corrected chi connectivity index (χ3v) is 4.41. The molecule has 1 heterocycles. The summed E-state index contributed by atoms with van der Waals surface area (Å²) in [6.45, 7) is 9.58. The Bertz CT molecular complexity index is 457. The number of benzene rings is 1. The van der Waals surface area contributed by atoms with Crippen LogP contribution in [-0.4, -0.2) is 46.4 Å². The largest absolute Gasteiger partial charge is 0.369 e. The molecule has 1 fully saturated rings. The first-order valence-electron chi connectivity index (χ1n) is 6.75. The predicted octanol–water partition coefficient (Wildman–Crippen LogP) is 1.86. The maximum Gasteiger partial charge on any atom is 0.157 e. The Morgan fingerprint density at radius 3 is 2.53 bits per heavy atom. The standard InChI is InChI=1S/C14H22N2O2S/c1-3-15-7-9-16(10-8-15)14-6-4-5-13(12(14)2)11-19(17)18/h4-6H,3,7-11H2,1-2H3,(H,17,18). The molecule has 1 unspecified atom stereocenters. The van der Waals surface area contributed by atoms with Gasteiger partial charge in [-0.3, -0.25) is 0 Å². The van der Waals surface area contributed by atoms with Gasteiger partial charge in [-0.2, -0.15) is 0 Å². The fraction of sp³-hybridized carbons (Fsp3) is 0.571. The molecule has 4 nitrogen and oxygen atoms in total. The third kappa shape index (κ3) is 3.55. The Balaban J connectivity index is 2.14. The quantitative estimate of drug-likeness (QED) is 0.856. The van der Waals surface area contributed by atoms with Crippen LogP contribution in [0.15, 0.2) is 18.2 Å². The first-order chi connectivity index (χ1) is 9.11. The second kappa shape index (κ2) is 6.50. The Hall–Kier alpha value is -0.910. The van der Waals surface area contributed by atoms with Crippen LogP contribution in [0.2, 0.25) is 0 Å². The van der Waals surface area contributed by atoms with Gasteiger partial charge in [0.1, 0.15) is 0 Å². The summed E-state index contributed by atoms with van der Waals surface area (Å²) in [5.74, 6) is 0.217. The highest BCUT2D eigenvalue weighted by atomic mass is 32.2. The number of likely N-dealkylation sites (N-methyl/N-ethyl adjacent to an activating group) is 1. The zero-order valence-corrected chi connectivity index (χ0v) is 12.4. The summed E-state index contributed by atoms with van der Waals surface area (Å²) >= 11 is -1.77. The van der Waals surface area contributed by atoms with Gasteiger partial charge in [0.05, 0.1) is 5.75 Å². The Morgan fingerprint density at radius 1 is 1.26 bits per heavy atom. The Morgan fingerprint density at radius 2 is 1.95 bits per heavy atom. The number of hydrogen-bond donors (Lipinski definition) is 1. The minimum absolute atomic E-state index is 0.217. The van der Waals surface area contributed by atoms with Crippen molar-refractivity contribution in [1.29, 1.82) is 0 Å². The van der Waals surface area contributed by atoms with Crippen LogP contribution in [0.25, 0.3) is 0 Å². The highest BCUT2D eigenvalue weighted by Crippen LogP contribution is 2.25. The van der Waals surface area contributed by atoms with Crippen LogP contribution >= 0.6 is 0 Å². The first kappa shape index (κ1) is 14.5. The second-order valence-electron chi connectivity index (χ2n) is 4.95. The average molecular weight is 282 g/mol. The average Bonchev–Trinajstić information content (AvgIpc) is 2.41. The van der Waals surface area contributed by atoms with Crippen molar-refractivity contribution in [2.24, 2.45) is 0 Å². The van der Waals surface area contributed by atoms with Crippen molar-refractivity contribution in [2.75, 3.05) is 37.6 Å². The van der Waals surface area contributed by atoms with E-state index < -0.39 is 11.1 Å². The zero-order chi connectivity index (χ0) is 13.8. The molecule has 0 saturated carbocycles. The highest BCUT2D eigenvalue weighted by molar-refractivity contribution is 7.78. The Labute approximate surface area is 117 Å². The van der Waals surface area contributed by atoms with Crippen LogP contribution in [0, 0.1) is 6.92 Å². The van der Waals surface area contributed by atoms with Gasteiger partial charge < -0.3 is 14.4 Å². The highest BCUT2D eigenvalue weighted by Gasteiger charge is 2.18. The Kier molecular flexibility index (Phi) is 4.96. The van der Waals surface area contributed by atoms with E-state index in [-0.39, 0.29) is 5.75 Å². The molecule has 0 aromatic heterocycles. The van der Waals surface area contributed by atoms with Crippen LogP contribution in [-0.2, 0) is 16.8 Å². The summed E-state index contributed by atoms with van der Waals surface area (Å²) in [6.07, 6.45) is 0. The summed E-state index contributed by atoms with van der Waals surface area (Å²) in [4.78, 5) is 4.82. The van der Waals surface area contributed by atoms with Crippen LogP contribution in [0.1, 0.15) is 18.1 Å². The molecule has 1 atom stereocenters. The monoisotopic (exact) mass is 282 g/mol. The summed E-state index contributed by atoms with van der Waals surface area (Å²) in [5, 5.41) is 0. The zero-order valence-electron chi connectivity index (χ0n) is 11.6. The first-order valence-corrected chi connectivity index (χ1v) is 8.02. The van der Waals surface area contributed by atoms with E-state index >= 15 is 0 Å². The number of nitrogens with zero attached hydrogens (tertiary/aromatic N) is 2. The van der Waals surface area contributed by atoms with Crippen molar-refractivity contribution < 1.29 is 8.76 Å². The lowest BCUT2D eigenvalue weighted by Gasteiger charge is -2.36. The fourth-order valence-corrected chi connectivity index (χ4v) is 3.19. The summed E-state index contributed by atoms with van der Waals surface area (Å²) in [6, 6.07) is 6.03. The van der Waals surface area contributed by atoms with E-state index in [1.807, 2.05) is 19.1 Å². The molecule has 1 aromatic carbocycles. The molecular formula is C14H22N2O2S. The minimum atomic E-state index is -1.77. The molecule has 0 bridgehead atoms. The van der Waals surface area contributed by atoms with E-state index in [1.165, 1.54) is 5.69 Å². The van der Waals surface area contributed by atoms with E-state index in [2.05, 4.69) is 22.8 Å². The lowest BCUT2D eigenvalue weighted by molar-refractivity contribution is 0.271. The number of hydrogen-bond acceptors (Lipinski definition) is 3. The van der Waals surface area contributed by atoms with Crippen LogP contribution < -0.4 is 4.90 Å². The number of rotatable bonds is 4. The van der Waals surface area contributed by atoms with Crippen LogP contribution in [0.4, 0.5) is 5.69 Å². The smallest absolute Gasteiger partial charge is 0.157 e. The molecular weight excluding hydrogens is 260 g/mol. The van der Waals surface area contributed by atoms with E-state index in [9.17, 15) is 4.21 Å². The van der Waals surface area contributed by atoms with Gasteiger partial charge in [0, 0.05) is 31.9 Å². The van der Waals surface area contributed by atoms with Gasteiger partial charge >= 0.3 is 0 Å². The molecule has 0 radical (unpaired) electrons. The predicted molar refractivity (Wildman–Crippen MR) is 80.0 cm³/mol. The van der Waals surface area contributed by atoms with Gasteiger partial charge in [0.15, 0.2) is 11.1 Å². The maximum atomic E-state index is 11.0. The molecule has 1 aromatic rings. The molecule has 0 aliphatic carbocycles. The summed E-state index contributed by atoms with van der Waals surface area (Å²) in [7, 11) is 0. The molecule has 5 heteroatoms. The topological polar surface area (TPSA) is 43.8 Å². The normalized spacial score (nSPS) is 18.6.